The van der Waals surface area contributed by atoms with Crippen LogP contribution >= 0.6 is 0 Å². The maximum Gasteiger partial charge on any atom is 0.313 e. The highest BCUT2D eigenvalue weighted by atomic mass is 19.1. The molecule has 6 rings (SSSR count). The Morgan fingerprint density at radius 1 is 1.18 bits per heavy atom. The number of pyridine rings is 2. The topological polar surface area (TPSA) is 90.3 Å². The molecule has 0 spiro atoms. The zero-order valence-corrected chi connectivity index (χ0v) is 22.1. The summed E-state index contributed by atoms with van der Waals surface area (Å²) in [4.78, 5) is 43.9. The molecule has 2 aliphatic heterocycles. The number of aromatic nitrogens is 2. The van der Waals surface area contributed by atoms with Gasteiger partial charge in [0.05, 0.1) is 41.0 Å². The smallest absolute Gasteiger partial charge is 0.313 e. The Balaban J connectivity index is 1.59. The number of nitrogens with zero attached hydrogens (tertiary/aromatic N) is 2. The number of esters is 1. The third kappa shape index (κ3) is 3.60. The zero-order chi connectivity index (χ0) is 26.7. The van der Waals surface area contributed by atoms with Crippen LogP contribution in [-0.4, -0.2) is 21.4 Å². The summed E-state index contributed by atoms with van der Waals surface area (Å²) in [5, 5.41) is 4.15. The minimum Gasteiger partial charge on any atom is -0.460 e. The van der Waals surface area contributed by atoms with Crippen LogP contribution in [0.1, 0.15) is 98.2 Å². The molecule has 198 valence electrons. The third-order valence-corrected chi connectivity index (χ3v) is 8.48. The molecule has 4 heterocycles. The summed E-state index contributed by atoms with van der Waals surface area (Å²) in [6.45, 7) is 6.19. The number of unbranched alkanes of at least 4 members (excludes halogenated alkanes) is 1. The van der Waals surface area contributed by atoms with E-state index in [1.807, 2.05) is 19.9 Å². The fourth-order valence-electron chi connectivity index (χ4n) is 6.61. The quantitative estimate of drug-likeness (QED) is 0.365. The molecule has 2 aromatic heterocycles. The van der Waals surface area contributed by atoms with Gasteiger partial charge in [-0.15, -0.1) is 0 Å². The molecule has 1 aromatic carbocycles. The number of fused-ring (bicyclic) bond motifs is 5. The van der Waals surface area contributed by atoms with E-state index in [-0.39, 0.29) is 35.9 Å². The minimum atomic E-state index is -0.498. The number of cyclic esters (lactones) is 1. The number of aryl methyl sites for hydroxylation is 1. The second-order valence-electron chi connectivity index (χ2n) is 10.6. The number of hydrogen-bond acceptors (Lipinski definition) is 5. The van der Waals surface area contributed by atoms with E-state index in [9.17, 15) is 14.4 Å². The molecule has 0 bridgehead atoms. The van der Waals surface area contributed by atoms with Gasteiger partial charge in [0, 0.05) is 23.4 Å². The Hall–Kier alpha value is -3.55. The van der Waals surface area contributed by atoms with Crippen LogP contribution in [-0.2, 0) is 40.3 Å². The lowest BCUT2D eigenvalue weighted by molar-refractivity contribution is -0.148. The average Bonchev–Trinajstić information content (AvgIpc) is 3.27. The highest BCUT2D eigenvalue weighted by Crippen LogP contribution is 2.45. The van der Waals surface area contributed by atoms with E-state index in [0.717, 1.165) is 34.9 Å². The number of halogens is 1. The normalized spacial score (nSPS) is 19.1. The Morgan fingerprint density at radius 3 is 2.74 bits per heavy atom. The van der Waals surface area contributed by atoms with E-state index in [0.29, 0.717) is 72.2 Å². The first-order chi connectivity index (χ1) is 18.4. The third-order valence-electron chi connectivity index (χ3n) is 8.48. The number of rotatable bonds is 6. The van der Waals surface area contributed by atoms with Crippen LogP contribution in [0.2, 0.25) is 0 Å². The largest absolute Gasteiger partial charge is 0.460 e. The van der Waals surface area contributed by atoms with Crippen LogP contribution < -0.4 is 10.9 Å². The van der Waals surface area contributed by atoms with Crippen LogP contribution in [0.5, 0.6) is 0 Å². The number of nitrogens with one attached hydrogen (secondary N) is 1. The number of benzene rings is 1. The van der Waals surface area contributed by atoms with Gasteiger partial charge in [-0.1, -0.05) is 27.2 Å². The monoisotopic (exact) mass is 517 g/mol. The molecule has 0 saturated heterocycles. The second kappa shape index (κ2) is 9.33. The van der Waals surface area contributed by atoms with Crippen LogP contribution in [0.4, 0.5) is 4.39 Å². The standard InChI is InChI=1S/C30H32FN3O4/c1-4-7-8-25(35)32-22-10-9-17-15(5-2)21(31)12-23-26(17)27(22)19-13-34-24(28(19)33-23)11-18-16(6-3)30(37)38-14-20(18)29(34)36/h11-12,16,22H,4-10,13-14H2,1-3H3,(H,32,35)/t16?,22-/m1/s1. The van der Waals surface area contributed by atoms with Crippen molar-refractivity contribution in [1.29, 1.82) is 0 Å². The van der Waals surface area contributed by atoms with Crippen LogP contribution in [0, 0.1) is 5.82 Å². The maximum absolute atomic E-state index is 15.2. The van der Waals surface area contributed by atoms with Crippen molar-refractivity contribution in [3.8, 4) is 11.4 Å². The summed E-state index contributed by atoms with van der Waals surface area (Å²) in [6, 6.07) is 3.15. The van der Waals surface area contributed by atoms with Gasteiger partial charge < -0.3 is 14.6 Å². The highest BCUT2D eigenvalue weighted by molar-refractivity contribution is 5.93. The summed E-state index contributed by atoms with van der Waals surface area (Å²) in [5.74, 6) is -1.09. The van der Waals surface area contributed by atoms with Crippen molar-refractivity contribution in [2.24, 2.45) is 0 Å². The van der Waals surface area contributed by atoms with Crippen molar-refractivity contribution in [2.45, 2.75) is 90.8 Å². The second-order valence-corrected chi connectivity index (χ2v) is 10.6. The molecule has 2 atom stereocenters. The van der Waals surface area contributed by atoms with Crippen LogP contribution in [0.25, 0.3) is 22.3 Å². The average molecular weight is 518 g/mol. The molecule has 0 fully saturated rings. The first-order valence-corrected chi connectivity index (χ1v) is 13.8. The zero-order valence-electron chi connectivity index (χ0n) is 22.1. The summed E-state index contributed by atoms with van der Waals surface area (Å²) in [6.07, 6.45) is 4.62. The van der Waals surface area contributed by atoms with Crippen molar-refractivity contribution in [2.75, 3.05) is 0 Å². The number of amides is 1. The minimum absolute atomic E-state index is 0.00132. The molecule has 7 nitrogen and oxygen atoms in total. The number of hydrogen-bond donors (Lipinski definition) is 1. The maximum atomic E-state index is 15.2. The van der Waals surface area contributed by atoms with Gasteiger partial charge in [-0.2, -0.15) is 0 Å². The molecule has 3 aliphatic rings. The van der Waals surface area contributed by atoms with Crippen molar-refractivity contribution in [3.63, 3.8) is 0 Å². The Kier molecular flexibility index (Phi) is 6.08. The fraction of sp³-hybridized carbons (Fsp3) is 0.467. The van der Waals surface area contributed by atoms with Gasteiger partial charge in [-0.3, -0.25) is 14.4 Å². The van der Waals surface area contributed by atoms with E-state index in [4.69, 9.17) is 9.72 Å². The van der Waals surface area contributed by atoms with Crippen LogP contribution in [0.3, 0.4) is 0 Å². The van der Waals surface area contributed by atoms with Gasteiger partial charge >= 0.3 is 5.97 Å². The Labute approximate surface area is 220 Å². The molecule has 38 heavy (non-hydrogen) atoms. The molecule has 1 amide bonds. The van der Waals surface area contributed by atoms with Gasteiger partial charge in [0.25, 0.3) is 5.56 Å². The van der Waals surface area contributed by atoms with Gasteiger partial charge in [0.2, 0.25) is 5.91 Å². The number of ether oxygens (including phenoxy) is 1. The molecule has 0 radical (unpaired) electrons. The Bertz CT molecular complexity index is 1570. The van der Waals surface area contributed by atoms with Crippen molar-refractivity contribution >= 4 is 22.8 Å². The number of carbonyl (C=O) groups is 2. The first-order valence-electron chi connectivity index (χ1n) is 13.8. The molecular formula is C30H32FN3O4. The predicted molar refractivity (Wildman–Crippen MR) is 141 cm³/mol. The van der Waals surface area contributed by atoms with Gasteiger partial charge in [0.1, 0.15) is 12.4 Å². The lowest BCUT2D eigenvalue weighted by Gasteiger charge is -2.30. The molecule has 8 heteroatoms. The number of carbonyl (C=O) groups excluding carboxylic acids is 2. The molecule has 0 saturated carbocycles. The van der Waals surface area contributed by atoms with E-state index in [1.165, 1.54) is 6.07 Å². The SMILES string of the molecule is CCCCC(=O)N[C@@H]1CCc2c(CC)c(F)cc3nc4c(c1c23)Cn1c-4cc2c(c1=O)COC(=O)C2CC. The van der Waals surface area contributed by atoms with Crippen molar-refractivity contribution in [3.05, 3.63) is 61.7 Å². The van der Waals surface area contributed by atoms with Gasteiger partial charge in [-0.25, -0.2) is 9.37 Å². The first kappa shape index (κ1) is 24.8. The summed E-state index contributed by atoms with van der Waals surface area (Å²) in [7, 11) is 0. The van der Waals surface area contributed by atoms with E-state index < -0.39 is 5.92 Å². The van der Waals surface area contributed by atoms with Gasteiger partial charge in [-0.05, 0) is 60.4 Å². The summed E-state index contributed by atoms with van der Waals surface area (Å²) >= 11 is 0. The lowest BCUT2D eigenvalue weighted by Crippen LogP contribution is -2.33. The molecule has 1 unspecified atom stereocenters. The van der Waals surface area contributed by atoms with E-state index in [2.05, 4.69) is 12.2 Å². The highest BCUT2D eigenvalue weighted by Gasteiger charge is 2.37. The molecular weight excluding hydrogens is 485 g/mol. The molecule has 1 aliphatic carbocycles. The van der Waals surface area contributed by atoms with E-state index >= 15 is 4.39 Å². The summed E-state index contributed by atoms with van der Waals surface area (Å²) < 4.78 is 22.3. The van der Waals surface area contributed by atoms with Crippen LogP contribution in [0.15, 0.2) is 16.9 Å². The fourth-order valence-corrected chi connectivity index (χ4v) is 6.61. The van der Waals surface area contributed by atoms with Crippen molar-refractivity contribution < 1.29 is 18.7 Å². The van der Waals surface area contributed by atoms with Gasteiger partial charge in [0.15, 0.2) is 0 Å². The molecule has 3 aromatic rings. The lowest BCUT2D eigenvalue weighted by atomic mass is 9.81. The Morgan fingerprint density at radius 2 is 2.00 bits per heavy atom. The van der Waals surface area contributed by atoms with Crippen molar-refractivity contribution in [1.82, 2.24) is 14.9 Å². The van der Waals surface area contributed by atoms with E-state index in [1.54, 1.807) is 4.57 Å². The predicted octanol–water partition coefficient (Wildman–Crippen LogP) is 4.97. The molecule has 1 N–H and O–H groups in total. The summed E-state index contributed by atoms with van der Waals surface area (Å²) in [5.41, 5.74) is 6.33.